The van der Waals surface area contributed by atoms with Crippen molar-refractivity contribution < 1.29 is 19.8 Å². The third-order valence-corrected chi connectivity index (χ3v) is 2.68. The van der Waals surface area contributed by atoms with Crippen molar-refractivity contribution in [2.45, 2.75) is 19.8 Å². The van der Waals surface area contributed by atoms with Crippen LogP contribution in [0.5, 0.6) is 0 Å². The fraction of sp³-hybridized carbons (Fsp3) is 0.462. The fourth-order valence-corrected chi connectivity index (χ4v) is 1.61. The number of carboxylic acid groups (broad SMARTS) is 1. The van der Waals surface area contributed by atoms with E-state index in [1.54, 1.807) is 0 Å². The molecule has 0 aliphatic carbocycles. The van der Waals surface area contributed by atoms with Crippen LogP contribution in [0.4, 0.5) is 10.5 Å². The monoisotopic (exact) mass is 281 g/mol. The zero-order valence-electron chi connectivity index (χ0n) is 11.4. The molecule has 3 N–H and O–H groups in total. The Morgan fingerprint density at radius 3 is 2.70 bits per heavy atom. The number of aliphatic hydroxyl groups is 1. The lowest BCUT2D eigenvalue weighted by Gasteiger charge is -2.21. The summed E-state index contributed by atoms with van der Waals surface area (Å²) in [5, 5.41) is 20.4. The number of unbranched alkanes of at least 4 members (excludes halogenated alkanes) is 1. The minimum atomic E-state index is -1.10. The van der Waals surface area contributed by atoms with Gasteiger partial charge in [-0.3, -0.25) is 4.98 Å². The summed E-state index contributed by atoms with van der Waals surface area (Å²) in [5.41, 5.74) is 0.319. The number of carbonyl (C=O) groups excluding carboxylic acids is 1. The van der Waals surface area contributed by atoms with Gasteiger partial charge in [0.25, 0.3) is 0 Å². The Morgan fingerprint density at radius 2 is 2.10 bits per heavy atom. The smallest absolute Gasteiger partial charge is 0.337 e. The van der Waals surface area contributed by atoms with Crippen LogP contribution in [0.2, 0.25) is 0 Å². The van der Waals surface area contributed by atoms with E-state index in [0.717, 1.165) is 12.8 Å². The summed E-state index contributed by atoms with van der Waals surface area (Å²) in [6.07, 6.45) is 4.36. The highest BCUT2D eigenvalue weighted by Gasteiger charge is 2.13. The molecule has 0 radical (unpaired) electrons. The van der Waals surface area contributed by atoms with Gasteiger partial charge in [0.15, 0.2) is 0 Å². The first-order valence-corrected chi connectivity index (χ1v) is 6.43. The summed E-state index contributed by atoms with van der Waals surface area (Å²) in [4.78, 5) is 28.1. The van der Waals surface area contributed by atoms with Gasteiger partial charge >= 0.3 is 12.0 Å². The molecule has 0 aliphatic rings. The number of nitrogens with zero attached hydrogens (tertiary/aromatic N) is 2. The fourth-order valence-electron chi connectivity index (χ4n) is 1.61. The summed E-state index contributed by atoms with van der Waals surface area (Å²) >= 11 is 0. The highest BCUT2D eigenvalue weighted by molar-refractivity contribution is 5.92. The Labute approximate surface area is 117 Å². The van der Waals surface area contributed by atoms with Gasteiger partial charge in [0, 0.05) is 19.3 Å². The third kappa shape index (κ3) is 4.85. The Balaban J connectivity index is 2.71. The van der Waals surface area contributed by atoms with E-state index in [0.29, 0.717) is 12.2 Å². The Hall–Kier alpha value is -2.15. The molecule has 1 heterocycles. The minimum absolute atomic E-state index is 0.00469. The molecule has 0 unspecified atom stereocenters. The normalized spacial score (nSPS) is 10.1. The van der Waals surface area contributed by atoms with Crippen LogP contribution in [0.25, 0.3) is 0 Å². The predicted octanol–water partition coefficient (Wildman–Crippen LogP) is 1.41. The van der Waals surface area contributed by atoms with Crippen LogP contribution < -0.4 is 5.32 Å². The van der Waals surface area contributed by atoms with Crippen LogP contribution >= 0.6 is 0 Å². The number of aromatic carboxylic acids is 1. The second-order valence-corrected chi connectivity index (χ2v) is 4.26. The Kier molecular flexibility index (Phi) is 6.45. The SMILES string of the molecule is CCCCN(CCO)C(=O)Nc1cncc(C(=O)O)c1. The van der Waals surface area contributed by atoms with Crippen LogP contribution in [0.15, 0.2) is 18.5 Å². The molecule has 7 nitrogen and oxygen atoms in total. The number of anilines is 1. The molecule has 0 saturated heterocycles. The first-order valence-electron chi connectivity index (χ1n) is 6.43. The molecule has 0 fully saturated rings. The summed E-state index contributed by atoms with van der Waals surface area (Å²) in [7, 11) is 0. The highest BCUT2D eigenvalue weighted by atomic mass is 16.4. The topological polar surface area (TPSA) is 103 Å². The van der Waals surface area contributed by atoms with Crippen molar-refractivity contribution in [2.24, 2.45) is 0 Å². The van der Waals surface area contributed by atoms with E-state index in [2.05, 4.69) is 10.3 Å². The molecule has 0 spiro atoms. The standard InChI is InChI=1S/C13H19N3O4/c1-2-3-4-16(5-6-17)13(20)15-11-7-10(12(18)19)8-14-9-11/h7-9,17H,2-6H2,1H3,(H,15,20)(H,18,19). The number of aromatic nitrogens is 1. The Bertz CT molecular complexity index is 465. The van der Waals surface area contributed by atoms with Gasteiger partial charge in [0.1, 0.15) is 0 Å². The predicted molar refractivity (Wildman–Crippen MR) is 73.8 cm³/mol. The molecule has 1 aromatic heterocycles. The van der Waals surface area contributed by atoms with Gasteiger partial charge in [-0.2, -0.15) is 0 Å². The zero-order chi connectivity index (χ0) is 15.0. The summed E-state index contributed by atoms with van der Waals surface area (Å²) in [6.45, 7) is 2.66. The van der Waals surface area contributed by atoms with Crippen LogP contribution in [-0.4, -0.2) is 51.8 Å². The van der Waals surface area contributed by atoms with Gasteiger partial charge in [-0.05, 0) is 12.5 Å². The van der Waals surface area contributed by atoms with Crippen molar-refractivity contribution in [3.05, 3.63) is 24.0 Å². The number of pyridine rings is 1. The van der Waals surface area contributed by atoms with E-state index >= 15 is 0 Å². The first kappa shape index (κ1) is 15.9. The number of carboxylic acids is 1. The molecule has 0 aromatic carbocycles. The van der Waals surface area contributed by atoms with Gasteiger partial charge < -0.3 is 20.4 Å². The van der Waals surface area contributed by atoms with Gasteiger partial charge in [0.05, 0.1) is 24.1 Å². The summed E-state index contributed by atoms with van der Waals surface area (Å²) in [5.74, 6) is -1.10. The number of amides is 2. The van der Waals surface area contributed by atoms with Gasteiger partial charge in [0.2, 0.25) is 0 Å². The number of nitrogens with one attached hydrogen (secondary N) is 1. The molecular formula is C13H19N3O4. The van der Waals surface area contributed by atoms with Crippen LogP contribution in [-0.2, 0) is 0 Å². The van der Waals surface area contributed by atoms with Gasteiger partial charge in [-0.15, -0.1) is 0 Å². The molecule has 0 aliphatic heterocycles. The van der Waals surface area contributed by atoms with E-state index in [4.69, 9.17) is 10.2 Å². The number of hydrogen-bond donors (Lipinski definition) is 3. The van der Waals surface area contributed by atoms with Crippen LogP contribution in [0.1, 0.15) is 30.1 Å². The lowest BCUT2D eigenvalue weighted by Crippen LogP contribution is -2.37. The van der Waals surface area contributed by atoms with E-state index in [1.807, 2.05) is 6.92 Å². The highest BCUT2D eigenvalue weighted by Crippen LogP contribution is 2.09. The van der Waals surface area contributed by atoms with Gasteiger partial charge in [-0.1, -0.05) is 13.3 Å². The van der Waals surface area contributed by atoms with Crippen molar-refractivity contribution in [1.29, 1.82) is 0 Å². The van der Waals surface area contributed by atoms with Crippen molar-refractivity contribution in [1.82, 2.24) is 9.88 Å². The lowest BCUT2D eigenvalue weighted by atomic mass is 10.2. The van der Waals surface area contributed by atoms with E-state index < -0.39 is 5.97 Å². The molecule has 1 aromatic rings. The maximum atomic E-state index is 12.0. The quantitative estimate of drug-likeness (QED) is 0.701. The largest absolute Gasteiger partial charge is 0.478 e. The lowest BCUT2D eigenvalue weighted by molar-refractivity contribution is 0.0696. The average molecular weight is 281 g/mol. The zero-order valence-corrected chi connectivity index (χ0v) is 11.4. The molecule has 7 heteroatoms. The second-order valence-electron chi connectivity index (χ2n) is 4.26. The maximum absolute atomic E-state index is 12.0. The van der Waals surface area contributed by atoms with E-state index in [9.17, 15) is 9.59 Å². The number of rotatable bonds is 7. The first-order chi connectivity index (χ1) is 9.58. The maximum Gasteiger partial charge on any atom is 0.337 e. The van der Waals surface area contributed by atoms with Gasteiger partial charge in [-0.25, -0.2) is 9.59 Å². The third-order valence-electron chi connectivity index (χ3n) is 2.68. The average Bonchev–Trinajstić information content (AvgIpc) is 2.43. The van der Waals surface area contributed by atoms with Crippen molar-refractivity contribution in [2.75, 3.05) is 25.0 Å². The number of aliphatic hydroxyl groups excluding tert-OH is 1. The molecule has 1 rings (SSSR count). The van der Waals surface area contributed by atoms with E-state index in [1.165, 1.54) is 23.4 Å². The van der Waals surface area contributed by atoms with Crippen molar-refractivity contribution >= 4 is 17.7 Å². The molecule has 0 atom stereocenters. The second kappa shape index (κ2) is 8.11. The summed E-state index contributed by atoms with van der Waals surface area (Å²) < 4.78 is 0. The number of urea groups is 1. The van der Waals surface area contributed by atoms with Crippen molar-refractivity contribution in [3.63, 3.8) is 0 Å². The minimum Gasteiger partial charge on any atom is -0.478 e. The molecule has 0 bridgehead atoms. The summed E-state index contributed by atoms with van der Waals surface area (Å²) in [6, 6.07) is 0.960. The molecule has 2 amide bonds. The van der Waals surface area contributed by atoms with Crippen molar-refractivity contribution in [3.8, 4) is 0 Å². The number of hydrogen-bond acceptors (Lipinski definition) is 4. The molecule has 20 heavy (non-hydrogen) atoms. The molecule has 110 valence electrons. The van der Waals surface area contributed by atoms with Crippen LogP contribution in [0, 0.1) is 0 Å². The molecular weight excluding hydrogens is 262 g/mol. The van der Waals surface area contributed by atoms with Crippen LogP contribution in [0.3, 0.4) is 0 Å². The molecule has 0 saturated carbocycles. The Morgan fingerprint density at radius 1 is 1.35 bits per heavy atom. The van der Waals surface area contributed by atoms with E-state index in [-0.39, 0.29) is 24.7 Å². The number of carbonyl (C=O) groups is 2.